The number of anilines is 1. The first kappa shape index (κ1) is 30.3. The van der Waals surface area contributed by atoms with Gasteiger partial charge in [-0.05, 0) is 29.8 Å². The van der Waals surface area contributed by atoms with E-state index in [-0.39, 0.29) is 49.7 Å². The van der Waals surface area contributed by atoms with Crippen molar-refractivity contribution in [3.63, 3.8) is 0 Å². The number of carbonyl (C=O) groups excluding carboxylic acids is 2. The highest BCUT2D eigenvalue weighted by Gasteiger charge is 2.25. The molecule has 0 atom stereocenters. The summed E-state index contributed by atoms with van der Waals surface area (Å²) in [6.45, 7) is 2.78. The first-order chi connectivity index (χ1) is 17.1. The number of hydrogen-bond donors (Lipinski definition) is 2. The lowest BCUT2D eigenvalue weighted by atomic mass is 10.0. The van der Waals surface area contributed by atoms with E-state index in [1.807, 2.05) is 78.8 Å². The lowest BCUT2D eigenvalue weighted by Crippen LogP contribution is -2.47. The monoisotopic (exact) mass is 543 g/mol. The standard InChI is InChI=1S/C28H33N5O2.2ClH/c1-29-16-17-33(26-15-9-8-14-25(26)22-10-4-3-5-11-22)28(35)19-30-18-27(34)31(2)32-20-23-12-6-7-13-24(23)21-32;;/h3-15,29-30H,16-21H2,1-2H3;2*1H. The van der Waals surface area contributed by atoms with Gasteiger partial charge >= 0.3 is 0 Å². The van der Waals surface area contributed by atoms with E-state index in [0.29, 0.717) is 26.2 Å². The van der Waals surface area contributed by atoms with Gasteiger partial charge in [0.25, 0.3) is 5.91 Å². The van der Waals surface area contributed by atoms with Crippen molar-refractivity contribution in [2.75, 3.05) is 45.2 Å². The molecule has 4 rings (SSSR count). The molecule has 9 heteroatoms. The molecule has 37 heavy (non-hydrogen) atoms. The zero-order valence-electron chi connectivity index (χ0n) is 21.2. The highest BCUT2D eigenvalue weighted by Crippen LogP contribution is 2.30. The van der Waals surface area contributed by atoms with Crippen molar-refractivity contribution in [2.45, 2.75) is 13.1 Å². The second kappa shape index (κ2) is 14.7. The molecule has 2 N–H and O–H groups in total. The van der Waals surface area contributed by atoms with Gasteiger partial charge in [0.2, 0.25) is 5.91 Å². The lowest BCUT2D eigenvalue weighted by Gasteiger charge is -2.28. The molecule has 0 radical (unpaired) electrons. The molecule has 0 unspecified atom stereocenters. The SMILES string of the molecule is CNCCN(C(=O)CNCC(=O)N(C)N1Cc2ccccc2C1)c1ccccc1-c1ccccc1.Cl.Cl. The van der Waals surface area contributed by atoms with Crippen molar-refractivity contribution in [1.82, 2.24) is 20.7 Å². The van der Waals surface area contributed by atoms with Gasteiger partial charge in [-0.1, -0.05) is 72.8 Å². The fourth-order valence-corrected chi connectivity index (χ4v) is 4.35. The Bertz CT molecular complexity index is 1140. The predicted octanol–water partition coefficient (Wildman–Crippen LogP) is 3.73. The Kier molecular flexibility index (Phi) is 12.0. The van der Waals surface area contributed by atoms with Gasteiger partial charge in [-0.3, -0.25) is 19.9 Å². The van der Waals surface area contributed by atoms with Gasteiger partial charge in [-0.2, -0.15) is 0 Å². The fourth-order valence-electron chi connectivity index (χ4n) is 4.35. The third-order valence-electron chi connectivity index (χ3n) is 6.33. The minimum atomic E-state index is -0.0762. The topological polar surface area (TPSA) is 67.9 Å². The third-order valence-corrected chi connectivity index (χ3v) is 6.33. The van der Waals surface area contributed by atoms with Gasteiger partial charge in [-0.15, -0.1) is 24.8 Å². The van der Waals surface area contributed by atoms with Crippen LogP contribution in [-0.2, 0) is 22.7 Å². The van der Waals surface area contributed by atoms with Gasteiger partial charge in [0.1, 0.15) is 0 Å². The molecule has 2 amide bonds. The van der Waals surface area contributed by atoms with E-state index in [1.165, 1.54) is 11.1 Å². The first-order valence-corrected chi connectivity index (χ1v) is 12.0. The van der Waals surface area contributed by atoms with Crippen LogP contribution in [0.3, 0.4) is 0 Å². The van der Waals surface area contributed by atoms with Gasteiger partial charge < -0.3 is 10.2 Å². The number of likely N-dealkylation sites (N-methyl/N-ethyl adjacent to an activating group) is 2. The molecule has 7 nitrogen and oxygen atoms in total. The Morgan fingerprint density at radius 2 is 1.38 bits per heavy atom. The maximum absolute atomic E-state index is 13.3. The zero-order chi connectivity index (χ0) is 24.6. The summed E-state index contributed by atoms with van der Waals surface area (Å²) in [6, 6.07) is 26.2. The normalized spacial score (nSPS) is 12.2. The van der Waals surface area contributed by atoms with Gasteiger partial charge in [0.15, 0.2) is 0 Å². The second-order valence-electron chi connectivity index (χ2n) is 8.64. The average molecular weight is 545 g/mol. The minimum Gasteiger partial charge on any atom is -0.318 e. The van der Waals surface area contributed by atoms with Crippen LogP contribution in [0, 0.1) is 0 Å². The van der Waals surface area contributed by atoms with Crippen LogP contribution in [0.4, 0.5) is 5.69 Å². The molecule has 0 spiro atoms. The van der Waals surface area contributed by atoms with Crippen molar-refractivity contribution in [1.29, 1.82) is 0 Å². The lowest BCUT2D eigenvalue weighted by molar-refractivity contribution is -0.145. The quantitative estimate of drug-likeness (QED) is 0.407. The van der Waals surface area contributed by atoms with Crippen LogP contribution in [0.15, 0.2) is 78.9 Å². The summed E-state index contributed by atoms with van der Waals surface area (Å²) in [5, 5.41) is 9.87. The summed E-state index contributed by atoms with van der Waals surface area (Å²) in [6.07, 6.45) is 0. The number of fused-ring (bicyclic) bond motifs is 1. The van der Waals surface area contributed by atoms with E-state index in [9.17, 15) is 9.59 Å². The second-order valence-corrected chi connectivity index (χ2v) is 8.64. The highest BCUT2D eigenvalue weighted by atomic mass is 35.5. The van der Waals surface area contributed by atoms with Crippen LogP contribution in [-0.4, -0.2) is 62.1 Å². The molecule has 3 aromatic rings. The largest absolute Gasteiger partial charge is 0.318 e. The van der Waals surface area contributed by atoms with Crippen molar-refractivity contribution < 1.29 is 9.59 Å². The average Bonchev–Trinajstić information content (AvgIpc) is 3.33. The Morgan fingerprint density at radius 1 is 0.811 bits per heavy atom. The summed E-state index contributed by atoms with van der Waals surface area (Å²) in [4.78, 5) is 27.9. The molecule has 0 bridgehead atoms. The molecule has 1 heterocycles. The molecule has 0 fully saturated rings. The Hall–Kier alpha value is -2.94. The van der Waals surface area contributed by atoms with E-state index in [0.717, 1.165) is 16.8 Å². The molecule has 1 aliphatic heterocycles. The molecule has 0 aromatic heterocycles. The van der Waals surface area contributed by atoms with Crippen LogP contribution in [0.1, 0.15) is 11.1 Å². The molecule has 0 saturated heterocycles. The summed E-state index contributed by atoms with van der Waals surface area (Å²) in [5.41, 5.74) is 5.41. The van der Waals surface area contributed by atoms with Gasteiger partial charge in [-0.25, -0.2) is 5.01 Å². The summed E-state index contributed by atoms with van der Waals surface area (Å²) in [7, 11) is 3.65. The zero-order valence-corrected chi connectivity index (χ0v) is 22.9. The number of para-hydroxylation sites is 1. The van der Waals surface area contributed by atoms with Crippen molar-refractivity contribution in [3.05, 3.63) is 90.0 Å². The Balaban J connectivity index is 0.00000241. The van der Waals surface area contributed by atoms with Crippen LogP contribution in [0.2, 0.25) is 0 Å². The summed E-state index contributed by atoms with van der Waals surface area (Å²) < 4.78 is 0. The van der Waals surface area contributed by atoms with Crippen LogP contribution < -0.4 is 15.5 Å². The Morgan fingerprint density at radius 3 is 2.03 bits per heavy atom. The smallest absolute Gasteiger partial charge is 0.250 e. The number of rotatable bonds is 10. The molecule has 3 aromatic carbocycles. The van der Waals surface area contributed by atoms with Crippen LogP contribution >= 0.6 is 24.8 Å². The number of carbonyl (C=O) groups is 2. The van der Waals surface area contributed by atoms with E-state index in [2.05, 4.69) is 22.8 Å². The van der Waals surface area contributed by atoms with Gasteiger partial charge in [0, 0.05) is 38.8 Å². The van der Waals surface area contributed by atoms with Crippen LogP contribution in [0.25, 0.3) is 11.1 Å². The molecular weight excluding hydrogens is 509 g/mol. The number of nitrogens with zero attached hydrogens (tertiary/aromatic N) is 3. The minimum absolute atomic E-state index is 0. The molecule has 0 saturated carbocycles. The Labute approximate surface area is 231 Å². The predicted molar refractivity (Wildman–Crippen MR) is 154 cm³/mol. The first-order valence-electron chi connectivity index (χ1n) is 12.0. The van der Waals surface area contributed by atoms with Crippen molar-refractivity contribution in [2.24, 2.45) is 0 Å². The molecule has 198 valence electrons. The molecular formula is C28H35Cl2N5O2. The number of nitrogens with one attached hydrogen (secondary N) is 2. The number of hydrazine groups is 1. The number of halogens is 2. The summed E-state index contributed by atoms with van der Waals surface area (Å²) >= 11 is 0. The van der Waals surface area contributed by atoms with Crippen molar-refractivity contribution in [3.8, 4) is 11.1 Å². The van der Waals surface area contributed by atoms with Crippen LogP contribution in [0.5, 0.6) is 0 Å². The third kappa shape index (κ3) is 7.53. The van der Waals surface area contributed by atoms with E-state index in [1.54, 1.807) is 17.0 Å². The number of hydrogen-bond acceptors (Lipinski definition) is 5. The van der Waals surface area contributed by atoms with E-state index < -0.39 is 0 Å². The molecule has 0 aliphatic carbocycles. The number of benzene rings is 3. The maximum Gasteiger partial charge on any atom is 0.250 e. The van der Waals surface area contributed by atoms with Crippen molar-refractivity contribution >= 4 is 42.3 Å². The van der Waals surface area contributed by atoms with Gasteiger partial charge in [0.05, 0.1) is 18.8 Å². The van der Waals surface area contributed by atoms with E-state index in [4.69, 9.17) is 0 Å². The molecule has 1 aliphatic rings. The highest BCUT2D eigenvalue weighted by molar-refractivity contribution is 5.99. The number of amides is 2. The summed E-state index contributed by atoms with van der Waals surface area (Å²) in [5.74, 6) is -0.148. The van der Waals surface area contributed by atoms with E-state index >= 15 is 0 Å². The fraction of sp³-hybridized carbons (Fsp3) is 0.286. The maximum atomic E-state index is 13.3.